The number of H-pyrrole nitrogens is 2. The molecule has 0 aliphatic rings. The molecule has 0 spiro atoms. The molecule has 3 N–H and O–H groups in total. The number of fused-ring (bicyclic) bond motifs is 2. The molecule has 0 aliphatic carbocycles. The molecule has 4 heterocycles. The van der Waals surface area contributed by atoms with Crippen LogP contribution in [0.2, 0.25) is 10.0 Å². The number of aryl methyl sites for hydroxylation is 6. The first kappa shape index (κ1) is 43.4. The molecule has 0 bridgehead atoms. The van der Waals surface area contributed by atoms with Crippen LogP contribution in [0.15, 0.2) is 48.5 Å². The molecule has 12 heteroatoms. The number of carboxylic acids is 1. The molecule has 6 rings (SSSR count). The number of aliphatic carboxylic acids is 1. The van der Waals surface area contributed by atoms with Crippen LogP contribution in [-0.4, -0.2) is 55.3 Å². The van der Waals surface area contributed by atoms with Crippen molar-refractivity contribution in [3.05, 3.63) is 104 Å². The number of ether oxygens (including phenoxy) is 3. The second-order valence-corrected chi connectivity index (χ2v) is 17.1. The summed E-state index contributed by atoms with van der Waals surface area (Å²) in [6.07, 6.45) is -2.05. The van der Waals surface area contributed by atoms with E-state index in [1.54, 1.807) is 12.1 Å². The Kier molecular flexibility index (Phi) is 12.7. The maximum Gasteiger partial charge on any atom is 0.339 e. The van der Waals surface area contributed by atoms with E-state index in [0.29, 0.717) is 32.6 Å². The number of carbonyl (C=O) groups is 2. The van der Waals surface area contributed by atoms with E-state index in [9.17, 15) is 14.7 Å². The zero-order valence-electron chi connectivity index (χ0n) is 34.9. The number of hydrogen-bond donors (Lipinski definition) is 3. The van der Waals surface area contributed by atoms with Crippen LogP contribution in [0, 0.1) is 41.5 Å². The average Bonchev–Trinajstić information content (AvgIpc) is 3.56. The van der Waals surface area contributed by atoms with Crippen LogP contribution in [0.1, 0.15) is 98.8 Å². The van der Waals surface area contributed by atoms with E-state index in [4.69, 9.17) is 42.4 Å². The first-order valence-electron chi connectivity index (χ1n) is 18.7. The van der Waals surface area contributed by atoms with Gasteiger partial charge in [-0.2, -0.15) is 0 Å². The SMILES string of the molecule is COC(=O)C(OC(C)(C)C)c1c(C)nc2[nH]c(C)c(C)c2c1-c1ccc(Cl)cc1.Cc1nc2[nH]c(C)c(C)c2c(-c2ccc(Cl)cc2)c1C(OC(C)(C)C)C(=O)O. The number of nitrogens with one attached hydrogen (secondary N) is 2. The van der Waals surface area contributed by atoms with Gasteiger partial charge in [0.2, 0.25) is 0 Å². The summed E-state index contributed by atoms with van der Waals surface area (Å²) in [6, 6.07) is 15.0. The third-order valence-corrected chi connectivity index (χ3v) is 10.2. The minimum Gasteiger partial charge on any atom is -0.479 e. The number of benzene rings is 2. The van der Waals surface area contributed by atoms with E-state index in [-0.39, 0.29) is 0 Å². The third kappa shape index (κ3) is 9.36. The lowest BCUT2D eigenvalue weighted by Gasteiger charge is -2.28. The minimum atomic E-state index is -1.14. The smallest absolute Gasteiger partial charge is 0.339 e. The van der Waals surface area contributed by atoms with Crippen molar-refractivity contribution in [2.75, 3.05) is 7.11 Å². The van der Waals surface area contributed by atoms with Crippen molar-refractivity contribution in [1.82, 2.24) is 19.9 Å². The maximum atomic E-state index is 12.8. The number of methoxy groups -OCH3 is 1. The largest absolute Gasteiger partial charge is 0.479 e. The number of hydrogen-bond acceptors (Lipinski definition) is 7. The summed E-state index contributed by atoms with van der Waals surface area (Å²) in [6.45, 7) is 23.0. The van der Waals surface area contributed by atoms with Crippen molar-refractivity contribution >= 4 is 57.2 Å². The Morgan fingerprint density at radius 2 is 0.982 bits per heavy atom. The fourth-order valence-corrected chi connectivity index (χ4v) is 7.26. The van der Waals surface area contributed by atoms with Crippen molar-refractivity contribution in [3.63, 3.8) is 0 Å². The fraction of sp³-hybridized carbons (Fsp3) is 0.378. The molecule has 0 radical (unpaired) electrons. The van der Waals surface area contributed by atoms with Gasteiger partial charge in [-0.1, -0.05) is 47.5 Å². The highest BCUT2D eigenvalue weighted by Crippen LogP contribution is 2.43. The number of carboxylic acid groups (broad SMARTS) is 1. The second-order valence-electron chi connectivity index (χ2n) is 16.3. The van der Waals surface area contributed by atoms with Crippen LogP contribution in [0.3, 0.4) is 0 Å². The van der Waals surface area contributed by atoms with Crippen LogP contribution in [0.4, 0.5) is 0 Å². The Bertz CT molecular complexity index is 2450. The van der Waals surface area contributed by atoms with Gasteiger partial charge < -0.3 is 29.3 Å². The second kappa shape index (κ2) is 16.6. The molecule has 57 heavy (non-hydrogen) atoms. The van der Waals surface area contributed by atoms with E-state index < -0.39 is 35.3 Å². The normalized spacial score (nSPS) is 13.0. The number of halogens is 2. The summed E-state index contributed by atoms with van der Waals surface area (Å²) in [5.41, 5.74) is 10.6. The van der Waals surface area contributed by atoms with Gasteiger partial charge in [0.1, 0.15) is 11.3 Å². The number of esters is 1. The molecule has 6 aromatic rings. The van der Waals surface area contributed by atoms with Crippen LogP contribution < -0.4 is 0 Å². The van der Waals surface area contributed by atoms with E-state index >= 15 is 0 Å². The number of aromatic amines is 2. The number of aromatic nitrogens is 4. The Hall–Kier alpha value is -4.74. The van der Waals surface area contributed by atoms with Gasteiger partial charge in [-0.15, -0.1) is 0 Å². The number of rotatable bonds is 8. The molecule has 10 nitrogen and oxygen atoms in total. The zero-order chi connectivity index (χ0) is 42.3. The van der Waals surface area contributed by atoms with Crippen LogP contribution in [-0.2, 0) is 23.8 Å². The summed E-state index contributed by atoms with van der Waals surface area (Å²) in [7, 11) is 1.37. The molecular weight excluding hydrogens is 763 g/mol. The molecule has 0 fully saturated rings. The molecule has 2 aromatic carbocycles. The lowest BCUT2D eigenvalue weighted by atomic mass is 9.91. The standard InChI is InChI=1S/C23H27ClN2O3.C22H25ClN2O3/c1-12-13(2)25-21-17(12)19(15-8-10-16(24)11-9-15)18(14(3)26-21)20(22(27)28-7)29-23(4,5)6;1-11-12(2)24-20-16(11)18(14-7-9-15(23)10-8-14)17(13(3)25-20)19(21(26)27)28-22(4,5)6/h8-11,20H,1-7H3,(H,25,26);7-10,19H,1-6H3,(H,24,25)(H,26,27). The lowest BCUT2D eigenvalue weighted by molar-refractivity contribution is -0.164. The van der Waals surface area contributed by atoms with Crippen molar-refractivity contribution in [2.45, 2.75) is 106 Å². The molecule has 0 saturated carbocycles. The fourth-order valence-electron chi connectivity index (χ4n) is 7.01. The van der Waals surface area contributed by atoms with Gasteiger partial charge >= 0.3 is 11.9 Å². The van der Waals surface area contributed by atoms with Crippen molar-refractivity contribution in [1.29, 1.82) is 0 Å². The Morgan fingerprint density at radius 3 is 1.32 bits per heavy atom. The zero-order valence-corrected chi connectivity index (χ0v) is 36.4. The molecule has 0 saturated heterocycles. The van der Waals surface area contributed by atoms with Gasteiger partial charge in [0.05, 0.1) is 18.3 Å². The van der Waals surface area contributed by atoms with Gasteiger partial charge in [0.15, 0.2) is 12.2 Å². The van der Waals surface area contributed by atoms with Crippen molar-refractivity contribution in [3.8, 4) is 22.3 Å². The predicted octanol–water partition coefficient (Wildman–Crippen LogP) is 11.6. The van der Waals surface area contributed by atoms with Gasteiger partial charge in [0, 0.05) is 65.8 Å². The molecule has 0 amide bonds. The molecule has 2 atom stereocenters. The Labute approximate surface area is 344 Å². The summed E-state index contributed by atoms with van der Waals surface area (Å²) < 4.78 is 17.3. The maximum absolute atomic E-state index is 12.8. The number of nitrogens with zero attached hydrogens (tertiary/aromatic N) is 2. The topological polar surface area (TPSA) is 139 Å². The molecular formula is C45H52Cl2N4O6. The number of carbonyl (C=O) groups excluding carboxylic acids is 1. The van der Waals surface area contributed by atoms with Crippen molar-refractivity contribution < 1.29 is 28.9 Å². The first-order valence-corrected chi connectivity index (χ1v) is 19.4. The Balaban J connectivity index is 0.000000218. The van der Waals surface area contributed by atoms with Gasteiger partial charge in [-0.05, 0) is 130 Å². The van der Waals surface area contributed by atoms with Crippen LogP contribution >= 0.6 is 23.2 Å². The van der Waals surface area contributed by atoms with Crippen LogP contribution in [0.25, 0.3) is 44.3 Å². The van der Waals surface area contributed by atoms with Crippen molar-refractivity contribution in [2.24, 2.45) is 0 Å². The van der Waals surface area contributed by atoms with Gasteiger partial charge in [0.25, 0.3) is 0 Å². The summed E-state index contributed by atoms with van der Waals surface area (Å²) >= 11 is 12.2. The van der Waals surface area contributed by atoms with E-state index in [1.165, 1.54) is 7.11 Å². The highest BCUT2D eigenvalue weighted by atomic mass is 35.5. The average molecular weight is 816 g/mol. The van der Waals surface area contributed by atoms with E-state index in [1.807, 2.05) is 119 Å². The number of pyridine rings is 2. The minimum absolute atomic E-state index is 0.454. The predicted molar refractivity (Wildman–Crippen MR) is 228 cm³/mol. The highest BCUT2D eigenvalue weighted by Gasteiger charge is 2.35. The van der Waals surface area contributed by atoms with Crippen LogP contribution in [0.5, 0.6) is 0 Å². The van der Waals surface area contributed by atoms with Gasteiger partial charge in [-0.3, -0.25) is 0 Å². The monoisotopic (exact) mass is 814 g/mol. The lowest BCUT2D eigenvalue weighted by Crippen LogP contribution is -2.29. The molecule has 302 valence electrons. The quantitative estimate of drug-likeness (QED) is 0.129. The molecule has 2 unspecified atom stereocenters. The molecule has 0 aliphatic heterocycles. The van der Waals surface area contributed by atoms with Gasteiger partial charge in [-0.25, -0.2) is 19.6 Å². The third-order valence-electron chi connectivity index (χ3n) is 9.71. The molecule has 4 aromatic heterocycles. The Morgan fingerprint density at radius 1 is 0.632 bits per heavy atom. The van der Waals surface area contributed by atoms with E-state index in [0.717, 1.165) is 66.8 Å². The highest BCUT2D eigenvalue weighted by molar-refractivity contribution is 6.31. The van der Waals surface area contributed by atoms with E-state index in [2.05, 4.69) is 15.0 Å². The summed E-state index contributed by atoms with van der Waals surface area (Å²) in [4.78, 5) is 41.1. The summed E-state index contributed by atoms with van der Waals surface area (Å²) in [5.74, 6) is -1.50. The first-order chi connectivity index (χ1) is 26.5. The summed E-state index contributed by atoms with van der Waals surface area (Å²) in [5, 5.41) is 13.1.